The van der Waals surface area contributed by atoms with E-state index in [9.17, 15) is 19.6 Å². The second kappa shape index (κ2) is 6.46. The van der Waals surface area contributed by atoms with Crippen LogP contribution in [0.3, 0.4) is 0 Å². The molecule has 3 rings (SSSR count). The van der Waals surface area contributed by atoms with Gasteiger partial charge in [-0.25, -0.2) is 4.98 Å². The van der Waals surface area contributed by atoms with Crippen LogP contribution in [-0.2, 0) is 14.0 Å². The van der Waals surface area contributed by atoms with Crippen LogP contribution < -0.4 is 11.3 Å². The number of nitrogens with one attached hydrogen (secondary N) is 1. The van der Waals surface area contributed by atoms with Crippen molar-refractivity contribution in [3.05, 3.63) is 16.7 Å². The first-order valence-electron chi connectivity index (χ1n) is 7.04. The Morgan fingerprint density at radius 2 is 2.20 bits per heavy atom. The predicted molar refractivity (Wildman–Crippen MR) is 81.3 cm³/mol. The van der Waals surface area contributed by atoms with Crippen molar-refractivity contribution in [1.29, 1.82) is 0 Å². The van der Waals surface area contributed by atoms with Crippen LogP contribution in [0.1, 0.15) is 6.23 Å². The number of nitrogen functional groups attached to an aromatic ring is 1. The van der Waals surface area contributed by atoms with Crippen LogP contribution in [0.5, 0.6) is 0 Å². The van der Waals surface area contributed by atoms with E-state index < -0.39 is 50.6 Å². The van der Waals surface area contributed by atoms with Gasteiger partial charge in [0.15, 0.2) is 17.4 Å². The van der Waals surface area contributed by atoms with Gasteiger partial charge in [0.2, 0.25) is 5.95 Å². The lowest BCUT2D eigenvalue weighted by Crippen LogP contribution is -2.36. The third-order valence-corrected chi connectivity index (χ3v) is 4.13. The predicted octanol–water partition coefficient (Wildman–Crippen LogP) is -2.53. The zero-order chi connectivity index (χ0) is 18.4. The van der Waals surface area contributed by atoms with E-state index in [0.717, 1.165) is 0 Å². The normalized spacial score (nSPS) is 27.2. The smallest absolute Gasteiger partial charge is 0.350 e. The molecular weight excluding hydrogens is 361 g/mol. The number of aliphatic hydroxyl groups excluding tert-OH is 2. The Hall–Kier alpha value is -1.86. The maximum atomic E-state index is 11.8. The largest absolute Gasteiger partial charge is 0.394 e. The van der Waals surface area contributed by atoms with Crippen LogP contribution in [0, 0.1) is 0 Å². The number of hydrogen-bond acceptors (Lipinski definition) is 9. The SMILES string of the molecule is Nc1nc2c(ncn2[C@@H]2O[C@H](CO)[C@H](OCP(=O)(O)O)[C@H]2O)c(=O)[nH]1. The fraction of sp³-hybridized carbons (Fsp3) is 0.545. The summed E-state index contributed by atoms with van der Waals surface area (Å²) in [7, 11) is -4.48. The van der Waals surface area contributed by atoms with Crippen LogP contribution in [-0.4, -0.2) is 70.8 Å². The highest BCUT2D eigenvalue weighted by Gasteiger charge is 2.46. The molecule has 138 valence electrons. The molecule has 4 atom stereocenters. The molecule has 3 heterocycles. The molecule has 0 amide bonds. The molecule has 0 bridgehead atoms. The van der Waals surface area contributed by atoms with Gasteiger partial charge in [0.05, 0.1) is 12.9 Å². The van der Waals surface area contributed by atoms with Crippen LogP contribution in [0.25, 0.3) is 11.2 Å². The van der Waals surface area contributed by atoms with Gasteiger partial charge >= 0.3 is 7.60 Å². The zero-order valence-electron chi connectivity index (χ0n) is 12.6. The fourth-order valence-corrected chi connectivity index (χ4v) is 2.98. The molecule has 0 unspecified atom stereocenters. The number of fused-ring (bicyclic) bond motifs is 1. The summed E-state index contributed by atoms with van der Waals surface area (Å²) < 4.78 is 22.7. The van der Waals surface area contributed by atoms with E-state index in [1.807, 2.05) is 0 Å². The van der Waals surface area contributed by atoms with E-state index in [1.54, 1.807) is 0 Å². The summed E-state index contributed by atoms with van der Waals surface area (Å²) in [4.78, 5) is 39.7. The molecule has 7 N–H and O–H groups in total. The number of nitrogens with zero attached hydrogens (tertiary/aromatic N) is 3. The van der Waals surface area contributed by atoms with Crippen molar-refractivity contribution < 1.29 is 34.0 Å². The lowest BCUT2D eigenvalue weighted by Gasteiger charge is -2.20. The molecule has 2 aromatic heterocycles. The van der Waals surface area contributed by atoms with E-state index in [1.165, 1.54) is 10.9 Å². The van der Waals surface area contributed by atoms with E-state index in [0.29, 0.717) is 0 Å². The lowest BCUT2D eigenvalue weighted by molar-refractivity contribution is -0.0558. The molecule has 0 aliphatic carbocycles. The summed E-state index contributed by atoms with van der Waals surface area (Å²) >= 11 is 0. The molecule has 13 nitrogen and oxygen atoms in total. The maximum Gasteiger partial charge on any atom is 0.350 e. The van der Waals surface area contributed by atoms with E-state index >= 15 is 0 Å². The minimum atomic E-state index is -4.48. The number of aromatic amines is 1. The summed E-state index contributed by atoms with van der Waals surface area (Å²) in [5.41, 5.74) is 4.92. The number of aliphatic hydroxyl groups is 2. The number of aromatic nitrogens is 4. The Labute approximate surface area is 139 Å². The molecule has 2 aromatic rings. The number of ether oxygens (including phenoxy) is 2. The molecular formula is C11H16N5O8P. The first-order chi connectivity index (χ1) is 11.7. The highest BCUT2D eigenvalue weighted by atomic mass is 31.2. The summed E-state index contributed by atoms with van der Waals surface area (Å²) in [6.45, 7) is -0.567. The van der Waals surface area contributed by atoms with Crippen molar-refractivity contribution in [2.45, 2.75) is 24.5 Å². The molecule has 14 heteroatoms. The van der Waals surface area contributed by atoms with Gasteiger partial charge in [-0.3, -0.25) is 18.9 Å². The van der Waals surface area contributed by atoms with Gasteiger partial charge in [0, 0.05) is 0 Å². The number of H-pyrrole nitrogens is 1. The molecule has 25 heavy (non-hydrogen) atoms. The first kappa shape index (κ1) is 17.9. The zero-order valence-corrected chi connectivity index (χ0v) is 13.5. The Morgan fingerprint density at radius 1 is 1.48 bits per heavy atom. The van der Waals surface area contributed by atoms with Crippen molar-refractivity contribution in [1.82, 2.24) is 19.5 Å². The van der Waals surface area contributed by atoms with Gasteiger partial charge in [-0.05, 0) is 0 Å². The highest BCUT2D eigenvalue weighted by Crippen LogP contribution is 2.38. The molecule has 1 saturated heterocycles. The molecule has 1 aliphatic rings. The maximum absolute atomic E-state index is 11.8. The minimum absolute atomic E-state index is 0.0369. The van der Waals surface area contributed by atoms with Gasteiger partial charge in [0.25, 0.3) is 5.56 Å². The van der Waals surface area contributed by atoms with Crippen LogP contribution in [0.4, 0.5) is 5.95 Å². The molecule has 1 fully saturated rings. The van der Waals surface area contributed by atoms with Crippen molar-refractivity contribution >= 4 is 24.7 Å². The third kappa shape index (κ3) is 3.43. The number of hydrogen-bond donors (Lipinski definition) is 6. The Kier molecular flexibility index (Phi) is 4.64. The van der Waals surface area contributed by atoms with Crippen LogP contribution in [0.15, 0.2) is 11.1 Å². The average molecular weight is 377 g/mol. The van der Waals surface area contributed by atoms with E-state index in [2.05, 4.69) is 15.0 Å². The van der Waals surface area contributed by atoms with Crippen molar-refractivity contribution in [3.8, 4) is 0 Å². The second-order valence-corrected chi connectivity index (χ2v) is 7.03. The number of nitrogens with two attached hydrogens (primary N) is 1. The number of anilines is 1. The topological polar surface area (TPSA) is 206 Å². The summed E-state index contributed by atoms with van der Waals surface area (Å²) in [6.07, 6.45) is -4.58. The molecule has 0 radical (unpaired) electrons. The van der Waals surface area contributed by atoms with Gasteiger partial charge in [-0.15, -0.1) is 0 Å². The monoisotopic (exact) mass is 377 g/mol. The number of rotatable bonds is 5. The third-order valence-electron chi connectivity index (χ3n) is 3.65. The van der Waals surface area contributed by atoms with Crippen molar-refractivity contribution in [3.63, 3.8) is 0 Å². The molecule has 0 spiro atoms. The summed E-state index contributed by atoms with van der Waals surface area (Å²) in [5, 5.41) is 19.8. The van der Waals surface area contributed by atoms with E-state index in [4.69, 9.17) is 25.0 Å². The van der Waals surface area contributed by atoms with Gasteiger partial charge in [0.1, 0.15) is 24.7 Å². The van der Waals surface area contributed by atoms with E-state index in [-0.39, 0.29) is 17.1 Å². The van der Waals surface area contributed by atoms with Crippen LogP contribution >= 0.6 is 7.60 Å². The lowest BCUT2D eigenvalue weighted by atomic mass is 10.1. The molecule has 0 aromatic carbocycles. The standard InChI is InChI=1S/C11H16N5O8P/c12-11-14-8-5(9(19)15-11)13-2-16(8)10-6(18)7(4(1-17)24-10)23-3-25(20,21)22/h2,4,6-7,10,17-18H,1,3H2,(H2,20,21,22)(H3,12,14,15,19)/t4-,6-,7+,10-/m1/s1. The quantitative estimate of drug-likeness (QED) is 0.300. The van der Waals surface area contributed by atoms with Crippen LogP contribution in [0.2, 0.25) is 0 Å². The first-order valence-corrected chi connectivity index (χ1v) is 8.84. The fourth-order valence-electron chi connectivity index (χ4n) is 2.61. The van der Waals surface area contributed by atoms with Gasteiger partial charge in [-0.1, -0.05) is 0 Å². The summed E-state index contributed by atoms with van der Waals surface area (Å²) in [6, 6.07) is 0. The summed E-state index contributed by atoms with van der Waals surface area (Å²) in [5.74, 6) is -0.167. The Balaban J connectivity index is 1.93. The van der Waals surface area contributed by atoms with Gasteiger partial charge < -0.3 is 35.2 Å². The van der Waals surface area contributed by atoms with Crippen molar-refractivity contribution in [2.24, 2.45) is 0 Å². The van der Waals surface area contributed by atoms with Crippen molar-refractivity contribution in [2.75, 3.05) is 18.7 Å². The highest BCUT2D eigenvalue weighted by molar-refractivity contribution is 7.51. The second-order valence-electron chi connectivity index (χ2n) is 5.44. The minimum Gasteiger partial charge on any atom is -0.394 e. The average Bonchev–Trinajstić information content (AvgIpc) is 3.05. The Bertz CT molecular complexity index is 877. The molecule has 1 aliphatic heterocycles. The number of imidazole rings is 1. The Morgan fingerprint density at radius 3 is 2.84 bits per heavy atom. The van der Waals surface area contributed by atoms with Gasteiger partial charge in [-0.2, -0.15) is 4.98 Å². The molecule has 0 saturated carbocycles.